The van der Waals surface area contributed by atoms with Crippen molar-refractivity contribution in [3.8, 4) is 0 Å². The molecule has 0 bridgehead atoms. The van der Waals surface area contributed by atoms with Crippen LogP contribution in [0.25, 0.3) is 0 Å². The molecule has 0 N–H and O–H groups in total. The summed E-state index contributed by atoms with van der Waals surface area (Å²) >= 11 is 0. The molecule has 0 aromatic heterocycles. The quantitative estimate of drug-likeness (QED) is 0.643. The normalized spacial score (nSPS) is 21.9. The highest BCUT2D eigenvalue weighted by molar-refractivity contribution is 5.81. The van der Waals surface area contributed by atoms with Crippen LogP contribution < -0.4 is 0 Å². The van der Waals surface area contributed by atoms with Crippen molar-refractivity contribution in [3.63, 3.8) is 0 Å². The Hall–Kier alpha value is -1.10. The Morgan fingerprint density at radius 3 is 2.56 bits per heavy atom. The van der Waals surface area contributed by atoms with E-state index in [1.807, 2.05) is 4.90 Å². The van der Waals surface area contributed by atoms with Gasteiger partial charge >= 0.3 is 5.97 Å². The number of likely N-dealkylation sites (N-methyl/N-ethyl adjacent to an activating group) is 1. The molecule has 1 rings (SSSR count). The molecule has 1 amide bonds. The van der Waals surface area contributed by atoms with Crippen molar-refractivity contribution in [3.05, 3.63) is 0 Å². The molecule has 0 radical (unpaired) electrons. The van der Waals surface area contributed by atoms with Gasteiger partial charge in [-0.1, -0.05) is 0 Å². The molecule has 1 aliphatic heterocycles. The van der Waals surface area contributed by atoms with Crippen molar-refractivity contribution < 1.29 is 14.3 Å². The third kappa shape index (κ3) is 3.48. The molecule has 1 atom stereocenters. The van der Waals surface area contributed by atoms with Gasteiger partial charge in [0.1, 0.15) is 0 Å². The minimum absolute atomic E-state index is 0.0466. The Balaban J connectivity index is 2.34. The van der Waals surface area contributed by atoms with Crippen LogP contribution in [0, 0.1) is 0 Å². The first-order chi connectivity index (χ1) is 7.54. The number of carbonyl (C=O) groups excluding carboxylic acids is 2. The maximum Gasteiger partial charge on any atom is 0.306 e. The highest BCUT2D eigenvalue weighted by Gasteiger charge is 2.24. The maximum absolute atomic E-state index is 11.8. The summed E-state index contributed by atoms with van der Waals surface area (Å²) in [4.78, 5) is 26.7. The van der Waals surface area contributed by atoms with E-state index in [9.17, 15) is 9.59 Å². The number of carbonyl (C=O) groups is 2. The van der Waals surface area contributed by atoms with E-state index in [0.717, 1.165) is 19.6 Å². The molecule has 92 valence electrons. The highest BCUT2D eigenvalue weighted by atomic mass is 16.5. The summed E-state index contributed by atoms with van der Waals surface area (Å²) in [7, 11) is 3.39. The standard InChI is InChI=1S/C11H20N2O3/c1-9-8-13(7-6-12(9)2)10(14)4-5-11(15)16-3/h9H,4-8H2,1-3H3. The van der Waals surface area contributed by atoms with Crippen LogP contribution in [-0.2, 0) is 14.3 Å². The second kappa shape index (κ2) is 5.84. The number of hydrogen-bond acceptors (Lipinski definition) is 4. The molecule has 5 nitrogen and oxygen atoms in total. The van der Waals surface area contributed by atoms with Crippen molar-refractivity contribution in [1.29, 1.82) is 0 Å². The summed E-state index contributed by atoms with van der Waals surface area (Å²) in [5, 5.41) is 0. The van der Waals surface area contributed by atoms with Crippen molar-refractivity contribution in [2.75, 3.05) is 33.8 Å². The first-order valence-electron chi connectivity index (χ1n) is 5.59. The summed E-state index contributed by atoms with van der Waals surface area (Å²) in [6.07, 6.45) is 0.430. The van der Waals surface area contributed by atoms with Gasteiger partial charge in [0.15, 0.2) is 0 Å². The summed E-state index contributed by atoms with van der Waals surface area (Å²) in [6, 6.07) is 0.385. The predicted octanol–water partition coefficient (Wildman–Crippen LogP) is 0.102. The Kier molecular flexibility index (Phi) is 4.73. The lowest BCUT2D eigenvalue weighted by molar-refractivity contribution is -0.144. The van der Waals surface area contributed by atoms with E-state index in [1.54, 1.807) is 0 Å². The van der Waals surface area contributed by atoms with E-state index in [0.29, 0.717) is 6.04 Å². The van der Waals surface area contributed by atoms with Crippen LogP contribution in [0.5, 0.6) is 0 Å². The SMILES string of the molecule is COC(=O)CCC(=O)N1CCN(C)C(C)C1. The molecule has 0 spiro atoms. The topological polar surface area (TPSA) is 49.9 Å². The summed E-state index contributed by atoms with van der Waals surface area (Å²) in [6.45, 7) is 4.49. The Morgan fingerprint density at radius 1 is 1.31 bits per heavy atom. The molecule has 16 heavy (non-hydrogen) atoms. The molecule has 1 saturated heterocycles. The van der Waals surface area contributed by atoms with Crippen molar-refractivity contribution in [2.24, 2.45) is 0 Å². The number of esters is 1. The third-order valence-corrected chi connectivity index (χ3v) is 3.08. The van der Waals surface area contributed by atoms with Crippen LogP contribution in [0.2, 0.25) is 0 Å². The largest absolute Gasteiger partial charge is 0.469 e. The molecule has 1 heterocycles. The van der Waals surface area contributed by atoms with Gasteiger partial charge in [-0.25, -0.2) is 0 Å². The Morgan fingerprint density at radius 2 is 2.00 bits per heavy atom. The average molecular weight is 228 g/mol. The second-order valence-corrected chi connectivity index (χ2v) is 4.25. The van der Waals surface area contributed by atoms with Gasteiger partial charge in [0.2, 0.25) is 5.91 Å². The Bertz CT molecular complexity index is 268. The number of amides is 1. The fraction of sp³-hybridized carbons (Fsp3) is 0.818. The van der Waals surface area contributed by atoms with Gasteiger partial charge in [-0.2, -0.15) is 0 Å². The third-order valence-electron chi connectivity index (χ3n) is 3.08. The molecule has 1 fully saturated rings. The van der Waals surface area contributed by atoms with Crippen LogP contribution in [0.3, 0.4) is 0 Å². The molecular weight excluding hydrogens is 208 g/mol. The molecule has 0 saturated carbocycles. The zero-order chi connectivity index (χ0) is 12.1. The van der Waals surface area contributed by atoms with Gasteiger partial charge in [-0.05, 0) is 14.0 Å². The number of nitrogens with zero attached hydrogens (tertiary/aromatic N) is 2. The minimum atomic E-state index is -0.324. The number of ether oxygens (including phenoxy) is 1. The molecule has 5 heteroatoms. The number of rotatable bonds is 3. The summed E-state index contributed by atoms with van der Waals surface area (Å²) in [5.41, 5.74) is 0. The van der Waals surface area contributed by atoms with Gasteiger partial charge in [-0.3, -0.25) is 9.59 Å². The molecule has 0 aromatic rings. The smallest absolute Gasteiger partial charge is 0.306 e. The van der Waals surface area contributed by atoms with E-state index in [2.05, 4.69) is 23.6 Å². The summed E-state index contributed by atoms with van der Waals surface area (Å²) in [5.74, 6) is -0.277. The molecule has 0 aromatic carbocycles. The lowest BCUT2D eigenvalue weighted by atomic mass is 10.2. The first-order valence-corrected chi connectivity index (χ1v) is 5.59. The van der Waals surface area contributed by atoms with Crippen LogP contribution >= 0.6 is 0 Å². The lowest BCUT2D eigenvalue weighted by Gasteiger charge is -2.37. The van der Waals surface area contributed by atoms with E-state index in [-0.39, 0.29) is 24.7 Å². The van der Waals surface area contributed by atoms with E-state index < -0.39 is 0 Å². The van der Waals surface area contributed by atoms with Gasteiger partial charge in [0.25, 0.3) is 0 Å². The first kappa shape index (κ1) is 13.0. The fourth-order valence-electron chi connectivity index (χ4n) is 1.74. The van der Waals surface area contributed by atoms with E-state index in [1.165, 1.54) is 7.11 Å². The lowest BCUT2D eigenvalue weighted by Crippen LogP contribution is -2.52. The van der Waals surface area contributed by atoms with E-state index in [4.69, 9.17) is 0 Å². The van der Waals surface area contributed by atoms with Crippen LogP contribution in [0.4, 0.5) is 0 Å². The zero-order valence-electron chi connectivity index (χ0n) is 10.2. The maximum atomic E-state index is 11.8. The molecule has 0 aliphatic carbocycles. The van der Waals surface area contributed by atoms with Crippen LogP contribution in [-0.4, -0.2) is 61.5 Å². The molecular formula is C11H20N2O3. The van der Waals surface area contributed by atoms with Crippen LogP contribution in [0.15, 0.2) is 0 Å². The number of methoxy groups -OCH3 is 1. The summed E-state index contributed by atoms with van der Waals surface area (Å²) < 4.78 is 4.51. The highest BCUT2D eigenvalue weighted by Crippen LogP contribution is 2.09. The van der Waals surface area contributed by atoms with Gasteiger partial charge < -0.3 is 14.5 Å². The van der Waals surface area contributed by atoms with Crippen molar-refractivity contribution in [2.45, 2.75) is 25.8 Å². The fourth-order valence-corrected chi connectivity index (χ4v) is 1.74. The number of hydrogen-bond donors (Lipinski definition) is 0. The van der Waals surface area contributed by atoms with E-state index >= 15 is 0 Å². The zero-order valence-corrected chi connectivity index (χ0v) is 10.2. The van der Waals surface area contributed by atoms with Gasteiger partial charge in [0, 0.05) is 32.1 Å². The van der Waals surface area contributed by atoms with Gasteiger partial charge in [0.05, 0.1) is 13.5 Å². The second-order valence-electron chi connectivity index (χ2n) is 4.25. The monoisotopic (exact) mass is 228 g/mol. The average Bonchev–Trinajstić information content (AvgIpc) is 2.29. The van der Waals surface area contributed by atoms with Crippen LogP contribution in [0.1, 0.15) is 19.8 Å². The predicted molar refractivity (Wildman–Crippen MR) is 59.9 cm³/mol. The molecule has 1 unspecified atom stereocenters. The molecule has 1 aliphatic rings. The van der Waals surface area contributed by atoms with Crippen molar-refractivity contribution in [1.82, 2.24) is 9.80 Å². The van der Waals surface area contributed by atoms with Crippen molar-refractivity contribution >= 4 is 11.9 Å². The number of piperazine rings is 1. The minimum Gasteiger partial charge on any atom is -0.469 e. The Labute approximate surface area is 96.3 Å². The van der Waals surface area contributed by atoms with Gasteiger partial charge in [-0.15, -0.1) is 0 Å².